The number of hydrogen-bond donors (Lipinski definition) is 8. The molecule has 0 bridgehead atoms. The van der Waals surface area contributed by atoms with Gasteiger partial charge < -0.3 is 40.9 Å². The van der Waals surface area contributed by atoms with Crippen molar-refractivity contribution in [2.75, 3.05) is 6.61 Å². The van der Waals surface area contributed by atoms with Crippen LogP contribution in [0.1, 0.15) is 6.92 Å². The highest BCUT2D eigenvalue weighted by Gasteiger charge is 2.32. The van der Waals surface area contributed by atoms with Gasteiger partial charge in [-0.3, -0.25) is 0 Å². The first-order valence-electron chi connectivity index (χ1n) is 4.58. The molecule has 9 heteroatoms. The molecule has 0 aromatic heterocycles. The monoisotopic (exact) mass is 258 g/mol. The zero-order valence-corrected chi connectivity index (χ0v) is 9.08. The summed E-state index contributed by atoms with van der Waals surface area (Å²) < 4.78 is 0. The van der Waals surface area contributed by atoms with E-state index in [0.29, 0.717) is 0 Å². The Morgan fingerprint density at radius 3 is 1.53 bits per heavy atom. The molecule has 0 radical (unpaired) electrons. The Bertz CT molecular complexity index is 203. The second-order valence-corrected chi connectivity index (χ2v) is 3.24. The summed E-state index contributed by atoms with van der Waals surface area (Å²) in [5.41, 5.74) is 0. The highest BCUT2D eigenvalue weighted by molar-refractivity contribution is 5.53. The van der Waals surface area contributed by atoms with Gasteiger partial charge in [0.2, 0.25) is 0 Å². The van der Waals surface area contributed by atoms with Crippen LogP contribution < -0.4 is 0 Å². The molecule has 9 nitrogen and oxygen atoms in total. The molecule has 0 amide bonds. The molecule has 104 valence electrons. The number of aliphatic hydroxyl groups is 6. The fourth-order valence-corrected chi connectivity index (χ4v) is 0.823. The molecule has 0 rings (SSSR count). The first-order chi connectivity index (χ1) is 7.64. The normalized spacial score (nSPS) is 19.2. The van der Waals surface area contributed by atoms with E-state index in [9.17, 15) is 0 Å². The van der Waals surface area contributed by atoms with E-state index < -0.39 is 43.3 Å². The third kappa shape index (κ3) is 8.80. The third-order valence-electron chi connectivity index (χ3n) is 1.78. The van der Waals surface area contributed by atoms with Crippen LogP contribution in [0.25, 0.3) is 0 Å². The standard InChI is InChI=1S/C7H16O6.CH2O3/c1-3(9)5(11)7(13)6(12)4(10)2-8;2-1(3)4/h3-13H,2H2,1H3;(H2,2,3,4)/t3?,4-,5+,6-,7-;/m1./s1. The first-order valence-corrected chi connectivity index (χ1v) is 4.58. The number of carbonyl (C=O) groups is 1. The SMILES string of the molecule is CC(O)[C@H](O)[C@@H](O)[C@H](O)[C@H](O)CO.O=C(O)O. The molecule has 0 aliphatic carbocycles. The summed E-state index contributed by atoms with van der Waals surface area (Å²) in [6.07, 6.45) is -9.54. The Hall–Kier alpha value is -0.970. The molecule has 5 atom stereocenters. The molecule has 17 heavy (non-hydrogen) atoms. The number of rotatable bonds is 5. The predicted molar refractivity (Wildman–Crippen MR) is 53.4 cm³/mol. The second-order valence-electron chi connectivity index (χ2n) is 3.24. The summed E-state index contributed by atoms with van der Waals surface area (Å²) in [6.45, 7) is 0.497. The third-order valence-corrected chi connectivity index (χ3v) is 1.78. The average Bonchev–Trinajstić information content (AvgIpc) is 2.23. The van der Waals surface area contributed by atoms with Gasteiger partial charge in [-0.25, -0.2) is 4.79 Å². The van der Waals surface area contributed by atoms with Crippen molar-refractivity contribution in [2.45, 2.75) is 37.4 Å². The van der Waals surface area contributed by atoms with Crippen LogP contribution in [-0.4, -0.2) is 84.1 Å². The maximum atomic E-state index is 9.13. The van der Waals surface area contributed by atoms with Gasteiger partial charge in [0, 0.05) is 0 Å². The smallest absolute Gasteiger partial charge is 0.450 e. The van der Waals surface area contributed by atoms with E-state index in [0.717, 1.165) is 0 Å². The van der Waals surface area contributed by atoms with E-state index in [4.69, 9.17) is 45.6 Å². The van der Waals surface area contributed by atoms with Gasteiger partial charge in [-0.1, -0.05) is 0 Å². The molecule has 0 spiro atoms. The topological polar surface area (TPSA) is 179 Å². The molecular formula is C8H18O9. The molecule has 0 aliphatic heterocycles. The summed E-state index contributed by atoms with van der Waals surface area (Å²) in [5, 5.41) is 67.3. The number of hydrogen-bond acceptors (Lipinski definition) is 7. The van der Waals surface area contributed by atoms with Crippen molar-refractivity contribution in [1.29, 1.82) is 0 Å². The van der Waals surface area contributed by atoms with Gasteiger partial charge >= 0.3 is 6.16 Å². The lowest BCUT2D eigenvalue weighted by atomic mass is 10.0. The van der Waals surface area contributed by atoms with E-state index in [1.807, 2.05) is 0 Å². The minimum atomic E-state index is -1.83. The van der Waals surface area contributed by atoms with E-state index in [2.05, 4.69) is 0 Å². The largest absolute Gasteiger partial charge is 0.503 e. The summed E-state index contributed by atoms with van der Waals surface area (Å²) in [6, 6.07) is 0. The van der Waals surface area contributed by atoms with Crippen LogP contribution in [0.2, 0.25) is 0 Å². The highest BCUT2D eigenvalue weighted by Crippen LogP contribution is 2.07. The van der Waals surface area contributed by atoms with Gasteiger partial charge in [-0.2, -0.15) is 0 Å². The zero-order valence-electron chi connectivity index (χ0n) is 9.08. The van der Waals surface area contributed by atoms with Crippen molar-refractivity contribution in [1.82, 2.24) is 0 Å². The molecule has 8 N–H and O–H groups in total. The lowest BCUT2D eigenvalue weighted by Gasteiger charge is -2.26. The zero-order chi connectivity index (χ0) is 14.2. The van der Waals surface area contributed by atoms with Gasteiger partial charge in [-0.15, -0.1) is 0 Å². The predicted octanol–water partition coefficient (Wildman–Crippen LogP) is -2.97. The van der Waals surface area contributed by atoms with E-state index >= 15 is 0 Å². The van der Waals surface area contributed by atoms with Crippen molar-refractivity contribution >= 4 is 6.16 Å². The Morgan fingerprint density at radius 1 is 0.941 bits per heavy atom. The second kappa shape index (κ2) is 9.10. The lowest BCUT2D eigenvalue weighted by molar-refractivity contribution is -0.137. The molecule has 0 aromatic carbocycles. The van der Waals surface area contributed by atoms with Crippen molar-refractivity contribution < 1.29 is 45.6 Å². The highest BCUT2D eigenvalue weighted by atomic mass is 16.6. The van der Waals surface area contributed by atoms with Gasteiger partial charge in [0.15, 0.2) is 0 Å². The molecule has 0 aromatic rings. The number of carboxylic acid groups (broad SMARTS) is 2. The summed E-state index contributed by atoms with van der Waals surface area (Å²) in [4.78, 5) is 8.56. The molecule has 0 saturated heterocycles. The minimum absolute atomic E-state index is 0.731. The summed E-state index contributed by atoms with van der Waals surface area (Å²) >= 11 is 0. The van der Waals surface area contributed by atoms with E-state index in [1.165, 1.54) is 6.92 Å². The van der Waals surface area contributed by atoms with Crippen LogP contribution in [0.5, 0.6) is 0 Å². The summed E-state index contributed by atoms with van der Waals surface area (Å²) in [5.74, 6) is 0. The van der Waals surface area contributed by atoms with Crippen LogP contribution in [-0.2, 0) is 0 Å². The molecule has 0 saturated carbocycles. The van der Waals surface area contributed by atoms with E-state index in [-0.39, 0.29) is 0 Å². The van der Waals surface area contributed by atoms with Gasteiger partial charge in [0.05, 0.1) is 12.7 Å². The van der Waals surface area contributed by atoms with Crippen LogP contribution in [0.3, 0.4) is 0 Å². The van der Waals surface area contributed by atoms with Crippen LogP contribution in [0.4, 0.5) is 4.79 Å². The van der Waals surface area contributed by atoms with Crippen molar-refractivity contribution in [3.8, 4) is 0 Å². The molecule has 0 heterocycles. The molecule has 0 fully saturated rings. The Balaban J connectivity index is 0. The Morgan fingerprint density at radius 2 is 1.29 bits per heavy atom. The van der Waals surface area contributed by atoms with Crippen molar-refractivity contribution in [3.63, 3.8) is 0 Å². The lowest BCUT2D eigenvalue weighted by Crippen LogP contribution is -2.49. The quantitative estimate of drug-likeness (QED) is 0.255. The van der Waals surface area contributed by atoms with Crippen LogP contribution in [0.15, 0.2) is 0 Å². The van der Waals surface area contributed by atoms with Crippen molar-refractivity contribution in [2.24, 2.45) is 0 Å². The Kier molecular flexibility index (Phi) is 9.85. The van der Waals surface area contributed by atoms with Crippen LogP contribution in [0, 0.1) is 0 Å². The van der Waals surface area contributed by atoms with Gasteiger partial charge in [0.1, 0.15) is 24.4 Å². The minimum Gasteiger partial charge on any atom is -0.450 e. The van der Waals surface area contributed by atoms with Crippen LogP contribution >= 0.6 is 0 Å². The maximum absolute atomic E-state index is 9.13. The average molecular weight is 258 g/mol. The molecular weight excluding hydrogens is 240 g/mol. The molecule has 1 unspecified atom stereocenters. The van der Waals surface area contributed by atoms with Gasteiger partial charge in [0.25, 0.3) is 0 Å². The fraction of sp³-hybridized carbons (Fsp3) is 0.875. The fourth-order valence-electron chi connectivity index (χ4n) is 0.823. The molecule has 0 aliphatic rings. The van der Waals surface area contributed by atoms with Gasteiger partial charge in [-0.05, 0) is 6.92 Å². The number of aliphatic hydroxyl groups excluding tert-OH is 6. The van der Waals surface area contributed by atoms with Crippen molar-refractivity contribution in [3.05, 3.63) is 0 Å². The maximum Gasteiger partial charge on any atom is 0.503 e. The van der Waals surface area contributed by atoms with E-state index in [1.54, 1.807) is 0 Å². The summed E-state index contributed by atoms with van der Waals surface area (Å²) in [7, 11) is 0. The Labute approximate surface area is 96.8 Å². The first kappa shape index (κ1) is 18.4.